The highest BCUT2D eigenvalue weighted by Gasteiger charge is 2.20. The first-order chi connectivity index (χ1) is 8.09. The van der Waals surface area contributed by atoms with E-state index in [0.717, 1.165) is 31.9 Å². The lowest BCUT2D eigenvalue weighted by Crippen LogP contribution is -2.35. The Balaban J connectivity index is 2.20. The van der Waals surface area contributed by atoms with E-state index >= 15 is 0 Å². The van der Waals surface area contributed by atoms with Gasteiger partial charge in [-0.25, -0.2) is 13.2 Å². The first-order valence-electron chi connectivity index (χ1n) is 5.65. The predicted molar refractivity (Wildman–Crippen MR) is 63.4 cm³/mol. The van der Waals surface area contributed by atoms with Gasteiger partial charge in [0.1, 0.15) is 5.82 Å². The molecule has 1 saturated heterocycles. The number of hydrogen-bond donors (Lipinski definition) is 1. The molecule has 1 heterocycles. The van der Waals surface area contributed by atoms with Gasteiger partial charge in [0.15, 0.2) is 11.6 Å². The molecule has 1 aliphatic heterocycles. The zero-order valence-corrected chi connectivity index (χ0v) is 10.8. The van der Waals surface area contributed by atoms with Gasteiger partial charge < -0.3 is 5.32 Å². The van der Waals surface area contributed by atoms with Crippen LogP contribution in [0.15, 0.2) is 10.5 Å². The van der Waals surface area contributed by atoms with Gasteiger partial charge in [0.2, 0.25) is 0 Å². The first-order valence-corrected chi connectivity index (χ1v) is 6.44. The molecule has 0 amide bonds. The minimum atomic E-state index is -1.16. The number of benzene rings is 1. The van der Waals surface area contributed by atoms with Crippen LogP contribution in [0, 0.1) is 17.5 Å². The molecule has 1 atom stereocenters. The lowest BCUT2D eigenvalue weighted by Gasteiger charge is -2.23. The highest BCUT2D eigenvalue weighted by Crippen LogP contribution is 2.26. The summed E-state index contributed by atoms with van der Waals surface area (Å²) in [5.74, 6) is -2.87. The van der Waals surface area contributed by atoms with E-state index in [2.05, 4.69) is 21.2 Å². The highest BCUT2D eigenvalue weighted by atomic mass is 79.9. The molecule has 0 aliphatic carbocycles. The predicted octanol–water partition coefficient (Wildman–Crippen LogP) is 3.55. The topological polar surface area (TPSA) is 12.0 Å². The van der Waals surface area contributed by atoms with E-state index in [1.165, 1.54) is 0 Å². The number of rotatable bonds is 2. The summed E-state index contributed by atoms with van der Waals surface area (Å²) in [6.07, 6.45) is 3.53. The Morgan fingerprint density at radius 2 is 2.00 bits per heavy atom. The molecule has 2 rings (SSSR count). The van der Waals surface area contributed by atoms with Crippen molar-refractivity contribution in [1.82, 2.24) is 5.32 Å². The van der Waals surface area contributed by atoms with Crippen LogP contribution in [-0.4, -0.2) is 12.6 Å². The minimum Gasteiger partial charge on any atom is -0.314 e. The number of nitrogens with one attached hydrogen (secondary N) is 1. The summed E-state index contributed by atoms with van der Waals surface area (Å²) in [5, 5.41) is 3.25. The maximum atomic E-state index is 13.7. The maximum absolute atomic E-state index is 13.7. The average Bonchev–Trinajstić information content (AvgIpc) is 2.35. The quantitative estimate of drug-likeness (QED) is 0.651. The van der Waals surface area contributed by atoms with E-state index in [1.807, 2.05) is 0 Å². The molecule has 1 aromatic carbocycles. The van der Waals surface area contributed by atoms with Crippen molar-refractivity contribution < 1.29 is 13.2 Å². The minimum absolute atomic E-state index is 0.148. The fourth-order valence-corrected chi connectivity index (χ4v) is 2.58. The van der Waals surface area contributed by atoms with Crippen molar-refractivity contribution in [3.8, 4) is 0 Å². The third-order valence-corrected chi connectivity index (χ3v) is 3.75. The normalized spacial score (nSPS) is 20.6. The molecule has 0 bridgehead atoms. The van der Waals surface area contributed by atoms with Crippen molar-refractivity contribution >= 4 is 15.9 Å². The van der Waals surface area contributed by atoms with Crippen LogP contribution in [0.25, 0.3) is 0 Å². The van der Waals surface area contributed by atoms with Gasteiger partial charge in [-0.3, -0.25) is 0 Å². The molecule has 1 aliphatic rings. The van der Waals surface area contributed by atoms with Crippen LogP contribution in [0.1, 0.15) is 24.8 Å². The van der Waals surface area contributed by atoms with Crippen molar-refractivity contribution in [1.29, 1.82) is 0 Å². The number of piperidine rings is 1. The first kappa shape index (κ1) is 12.9. The van der Waals surface area contributed by atoms with Crippen LogP contribution in [0.3, 0.4) is 0 Å². The van der Waals surface area contributed by atoms with E-state index in [1.54, 1.807) is 0 Å². The van der Waals surface area contributed by atoms with Gasteiger partial charge in [-0.15, -0.1) is 0 Å². The summed E-state index contributed by atoms with van der Waals surface area (Å²) in [6, 6.07) is 1.10. The molecule has 1 aromatic rings. The monoisotopic (exact) mass is 307 g/mol. The summed E-state index contributed by atoms with van der Waals surface area (Å²) in [5.41, 5.74) is 0.218. The molecule has 0 saturated carbocycles. The number of halogens is 4. The zero-order valence-electron chi connectivity index (χ0n) is 9.20. The molecule has 1 nitrogen and oxygen atoms in total. The van der Waals surface area contributed by atoms with E-state index in [9.17, 15) is 13.2 Å². The third-order valence-electron chi connectivity index (χ3n) is 3.06. The highest BCUT2D eigenvalue weighted by molar-refractivity contribution is 9.10. The summed E-state index contributed by atoms with van der Waals surface area (Å²) in [7, 11) is 0. The molecular weight excluding hydrogens is 295 g/mol. The lowest BCUT2D eigenvalue weighted by molar-refractivity contribution is 0.392. The Hall–Kier alpha value is -0.550. The lowest BCUT2D eigenvalue weighted by atomic mass is 9.97. The Labute approximate surface area is 107 Å². The van der Waals surface area contributed by atoms with Crippen LogP contribution >= 0.6 is 15.9 Å². The van der Waals surface area contributed by atoms with Gasteiger partial charge in [0.25, 0.3) is 0 Å². The van der Waals surface area contributed by atoms with Crippen LogP contribution < -0.4 is 5.32 Å². The van der Waals surface area contributed by atoms with Crippen molar-refractivity contribution in [2.45, 2.75) is 31.7 Å². The van der Waals surface area contributed by atoms with E-state index in [-0.39, 0.29) is 11.6 Å². The van der Waals surface area contributed by atoms with Gasteiger partial charge >= 0.3 is 0 Å². The molecule has 17 heavy (non-hydrogen) atoms. The molecule has 94 valence electrons. The fourth-order valence-electron chi connectivity index (χ4n) is 2.13. The smallest absolute Gasteiger partial charge is 0.175 e. The maximum Gasteiger partial charge on any atom is 0.175 e. The van der Waals surface area contributed by atoms with E-state index < -0.39 is 21.9 Å². The Bertz CT molecular complexity index is 417. The van der Waals surface area contributed by atoms with E-state index in [0.29, 0.717) is 6.42 Å². The second-order valence-electron chi connectivity index (χ2n) is 4.31. The summed E-state index contributed by atoms with van der Waals surface area (Å²) >= 11 is 2.74. The summed E-state index contributed by atoms with van der Waals surface area (Å²) in [4.78, 5) is 0. The van der Waals surface area contributed by atoms with Gasteiger partial charge in [0, 0.05) is 6.04 Å². The fraction of sp³-hybridized carbons (Fsp3) is 0.500. The summed E-state index contributed by atoms with van der Waals surface area (Å²) < 4.78 is 39.6. The second-order valence-corrected chi connectivity index (χ2v) is 5.10. The Morgan fingerprint density at radius 1 is 1.24 bits per heavy atom. The second kappa shape index (κ2) is 5.40. The van der Waals surface area contributed by atoms with Crippen LogP contribution in [0.5, 0.6) is 0 Å². The van der Waals surface area contributed by atoms with Crippen molar-refractivity contribution in [3.05, 3.63) is 33.6 Å². The molecule has 1 fully saturated rings. The van der Waals surface area contributed by atoms with Crippen molar-refractivity contribution in [2.24, 2.45) is 0 Å². The molecule has 1 unspecified atom stereocenters. The summed E-state index contributed by atoms with van der Waals surface area (Å²) in [6.45, 7) is 0.900. The number of hydrogen-bond acceptors (Lipinski definition) is 1. The molecule has 0 aromatic heterocycles. The molecule has 5 heteroatoms. The largest absolute Gasteiger partial charge is 0.314 e. The molecule has 0 radical (unpaired) electrons. The standard InChI is InChI=1S/C12H13BrF3N/c13-10-11(15)7(6-9(14)12(10)16)5-8-3-1-2-4-17-8/h6,8,17H,1-5H2. The van der Waals surface area contributed by atoms with Gasteiger partial charge in [-0.1, -0.05) is 6.42 Å². The van der Waals surface area contributed by atoms with Crippen molar-refractivity contribution in [3.63, 3.8) is 0 Å². The molecular formula is C12H13BrF3N. The Kier molecular flexibility index (Phi) is 4.09. The SMILES string of the molecule is Fc1cc(CC2CCCCN2)c(F)c(Br)c1F. The van der Waals surface area contributed by atoms with Crippen LogP contribution in [0.4, 0.5) is 13.2 Å². The molecule has 0 spiro atoms. The van der Waals surface area contributed by atoms with E-state index in [4.69, 9.17) is 0 Å². The average molecular weight is 308 g/mol. The van der Waals surface area contributed by atoms with Gasteiger partial charge in [0.05, 0.1) is 4.47 Å². The zero-order chi connectivity index (χ0) is 12.4. The molecule has 1 N–H and O–H groups in total. The Morgan fingerprint density at radius 3 is 2.65 bits per heavy atom. The van der Waals surface area contributed by atoms with Crippen molar-refractivity contribution in [2.75, 3.05) is 6.54 Å². The van der Waals surface area contributed by atoms with Crippen LogP contribution in [-0.2, 0) is 6.42 Å². The third kappa shape index (κ3) is 2.83. The van der Waals surface area contributed by atoms with Gasteiger partial charge in [-0.05, 0) is 53.4 Å². The van der Waals surface area contributed by atoms with Gasteiger partial charge in [-0.2, -0.15) is 0 Å². The van der Waals surface area contributed by atoms with Crippen LogP contribution in [0.2, 0.25) is 0 Å².